The Bertz CT molecular complexity index is 311. The number of rotatable bonds is 6. The maximum absolute atomic E-state index is 12.0. The molecule has 0 saturated carbocycles. The Labute approximate surface area is 104 Å². The Kier molecular flexibility index (Phi) is 5.85. The number of nitrogens with zero attached hydrogens (tertiary/aromatic N) is 1. The van der Waals surface area contributed by atoms with Crippen molar-refractivity contribution >= 4 is 10.2 Å². The maximum atomic E-state index is 12.0. The van der Waals surface area contributed by atoms with E-state index in [9.17, 15) is 8.42 Å². The van der Waals surface area contributed by atoms with Crippen LogP contribution in [0.5, 0.6) is 0 Å². The molecule has 0 aromatic rings. The zero-order valence-electron chi connectivity index (χ0n) is 10.7. The van der Waals surface area contributed by atoms with Crippen molar-refractivity contribution in [2.75, 3.05) is 19.7 Å². The Morgan fingerprint density at radius 2 is 2.00 bits per heavy atom. The molecule has 0 amide bonds. The molecule has 1 fully saturated rings. The van der Waals surface area contributed by atoms with E-state index < -0.39 is 10.2 Å². The van der Waals surface area contributed by atoms with Crippen LogP contribution in [0.2, 0.25) is 0 Å². The molecule has 1 rings (SSSR count). The molecule has 1 aliphatic heterocycles. The highest BCUT2D eigenvalue weighted by Gasteiger charge is 2.27. The Morgan fingerprint density at radius 1 is 1.41 bits per heavy atom. The molecule has 0 radical (unpaired) electrons. The summed E-state index contributed by atoms with van der Waals surface area (Å²) in [6.45, 7) is 5.32. The van der Waals surface area contributed by atoms with E-state index in [4.69, 9.17) is 5.11 Å². The number of piperidine rings is 1. The second kappa shape index (κ2) is 6.68. The number of aliphatic hydroxyl groups excluding tert-OH is 1. The van der Waals surface area contributed by atoms with Crippen LogP contribution in [-0.2, 0) is 10.2 Å². The number of hydrogen-bond acceptors (Lipinski definition) is 3. The van der Waals surface area contributed by atoms with E-state index in [2.05, 4.69) is 11.6 Å². The van der Waals surface area contributed by atoms with E-state index in [0.29, 0.717) is 31.8 Å². The molecule has 0 spiro atoms. The van der Waals surface area contributed by atoms with Crippen molar-refractivity contribution in [3.63, 3.8) is 0 Å². The predicted octanol–water partition coefficient (Wildman–Crippen LogP) is 0.714. The topological polar surface area (TPSA) is 69.6 Å². The Balaban J connectivity index is 2.45. The number of hydrogen-bond donors (Lipinski definition) is 2. The van der Waals surface area contributed by atoms with Crippen molar-refractivity contribution < 1.29 is 13.5 Å². The van der Waals surface area contributed by atoms with Crippen LogP contribution in [0.3, 0.4) is 0 Å². The molecule has 102 valence electrons. The van der Waals surface area contributed by atoms with Gasteiger partial charge in [-0.05, 0) is 38.5 Å². The molecule has 1 aliphatic rings. The van der Waals surface area contributed by atoms with Crippen molar-refractivity contribution in [3.05, 3.63) is 0 Å². The van der Waals surface area contributed by atoms with E-state index in [1.165, 1.54) is 4.31 Å². The third kappa shape index (κ3) is 4.91. The van der Waals surface area contributed by atoms with E-state index in [-0.39, 0.29) is 12.6 Å². The first kappa shape index (κ1) is 14.9. The highest BCUT2D eigenvalue weighted by atomic mass is 32.2. The maximum Gasteiger partial charge on any atom is 0.279 e. The summed E-state index contributed by atoms with van der Waals surface area (Å²) in [7, 11) is -3.33. The first-order valence-corrected chi connectivity index (χ1v) is 7.78. The molecule has 1 atom stereocenters. The van der Waals surface area contributed by atoms with Gasteiger partial charge in [-0.3, -0.25) is 0 Å². The predicted molar refractivity (Wildman–Crippen MR) is 67.8 cm³/mol. The van der Waals surface area contributed by atoms with Gasteiger partial charge in [0.05, 0.1) is 0 Å². The van der Waals surface area contributed by atoms with Crippen molar-refractivity contribution in [1.82, 2.24) is 9.03 Å². The standard InChI is InChI=1S/C11H24N2O3S/c1-10-5-7-13(8-6-10)17(15,16)12-11(2)4-3-9-14/h10-12,14H,3-9H2,1-2H3. The second-order valence-corrected chi connectivity index (χ2v) is 6.67. The molecule has 0 aromatic heterocycles. The average Bonchev–Trinajstić information content (AvgIpc) is 2.26. The largest absolute Gasteiger partial charge is 0.396 e. The first-order valence-electron chi connectivity index (χ1n) is 6.34. The lowest BCUT2D eigenvalue weighted by Gasteiger charge is -2.30. The molecule has 17 heavy (non-hydrogen) atoms. The summed E-state index contributed by atoms with van der Waals surface area (Å²) in [6.07, 6.45) is 3.17. The smallest absolute Gasteiger partial charge is 0.279 e. The van der Waals surface area contributed by atoms with E-state index >= 15 is 0 Å². The van der Waals surface area contributed by atoms with Gasteiger partial charge in [-0.2, -0.15) is 17.4 Å². The molecule has 5 nitrogen and oxygen atoms in total. The van der Waals surface area contributed by atoms with Crippen LogP contribution < -0.4 is 4.72 Å². The lowest BCUT2D eigenvalue weighted by molar-refractivity contribution is 0.273. The molecule has 0 bridgehead atoms. The molecule has 1 heterocycles. The zero-order valence-corrected chi connectivity index (χ0v) is 11.5. The van der Waals surface area contributed by atoms with Gasteiger partial charge in [0.25, 0.3) is 10.2 Å². The lowest BCUT2D eigenvalue weighted by atomic mass is 10.0. The van der Waals surface area contributed by atoms with Crippen LogP contribution >= 0.6 is 0 Å². The van der Waals surface area contributed by atoms with Crippen LogP contribution in [-0.4, -0.2) is 43.6 Å². The van der Waals surface area contributed by atoms with Crippen molar-refractivity contribution in [2.45, 2.75) is 45.6 Å². The van der Waals surface area contributed by atoms with Gasteiger partial charge in [-0.25, -0.2) is 0 Å². The van der Waals surface area contributed by atoms with Gasteiger partial charge in [0.2, 0.25) is 0 Å². The van der Waals surface area contributed by atoms with E-state index in [1.54, 1.807) is 0 Å². The minimum atomic E-state index is -3.33. The lowest BCUT2D eigenvalue weighted by Crippen LogP contribution is -2.47. The van der Waals surface area contributed by atoms with Gasteiger partial charge in [0, 0.05) is 25.7 Å². The van der Waals surface area contributed by atoms with Crippen molar-refractivity contribution in [3.8, 4) is 0 Å². The van der Waals surface area contributed by atoms with Crippen LogP contribution in [0, 0.1) is 5.92 Å². The highest BCUT2D eigenvalue weighted by molar-refractivity contribution is 7.87. The summed E-state index contributed by atoms with van der Waals surface area (Å²) in [5.41, 5.74) is 0. The summed E-state index contributed by atoms with van der Waals surface area (Å²) in [6, 6.07) is -0.119. The second-order valence-electron chi connectivity index (χ2n) is 4.97. The summed E-state index contributed by atoms with van der Waals surface area (Å²) >= 11 is 0. The molecule has 2 N–H and O–H groups in total. The molecule has 1 unspecified atom stereocenters. The molecule has 0 aromatic carbocycles. The molecular weight excluding hydrogens is 240 g/mol. The average molecular weight is 264 g/mol. The van der Waals surface area contributed by atoms with Crippen LogP contribution in [0.25, 0.3) is 0 Å². The normalized spacial score (nSPS) is 21.6. The van der Waals surface area contributed by atoms with E-state index in [0.717, 1.165) is 12.8 Å². The van der Waals surface area contributed by atoms with Gasteiger partial charge in [-0.1, -0.05) is 6.92 Å². The van der Waals surface area contributed by atoms with Gasteiger partial charge in [0.15, 0.2) is 0 Å². The first-order chi connectivity index (χ1) is 7.95. The van der Waals surface area contributed by atoms with E-state index in [1.807, 2.05) is 6.92 Å². The zero-order chi connectivity index (χ0) is 12.9. The third-order valence-corrected chi connectivity index (χ3v) is 4.97. The minimum absolute atomic E-state index is 0.104. The minimum Gasteiger partial charge on any atom is -0.396 e. The fourth-order valence-electron chi connectivity index (χ4n) is 2.01. The number of nitrogens with one attached hydrogen (secondary N) is 1. The molecule has 1 saturated heterocycles. The van der Waals surface area contributed by atoms with Gasteiger partial charge >= 0.3 is 0 Å². The van der Waals surface area contributed by atoms with Gasteiger partial charge in [0.1, 0.15) is 0 Å². The van der Waals surface area contributed by atoms with Gasteiger partial charge < -0.3 is 5.11 Å². The van der Waals surface area contributed by atoms with Gasteiger partial charge in [-0.15, -0.1) is 0 Å². The molecule has 6 heteroatoms. The third-order valence-electron chi connectivity index (χ3n) is 3.23. The van der Waals surface area contributed by atoms with Crippen molar-refractivity contribution in [1.29, 1.82) is 0 Å². The summed E-state index contributed by atoms with van der Waals surface area (Å²) < 4.78 is 28.2. The monoisotopic (exact) mass is 264 g/mol. The Hall–Kier alpha value is -0.170. The molecular formula is C11H24N2O3S. The van der Waals surface area contributed by atoms with Crippen LogP contribution in [0.4, 0.5) is 0 Å². The number of aliphatic hydroxyl groups is 1. The fourth-order valence-corrected chi connectivity index (χ4v) is 3.48. The fraction of sp³-hybridized carbons (Fsp3) is 1.00. The van der Waals surface area contributed by atoms with Crippen molar-refractivity contribution in [2.24, 2.45) is 5.92 Å². The SMILES string of the molecule is CC1CCN(S(=O)(=O)NC(C)CCCO)CC1. The molecule has 0 aliphatic carbocycles. The Morgan fingerprint density at radius 3 is 2.53 bits per heavy atom. The summed E-state index contributed by atoms with van der Waals surface area (Å²) in [5.74, 6) is 0.619. The highest BCUT2D eigenvalue weighted by Crippen LogP contribution is 2.18. The summed E-state index contributed by atoms with van der Waals surface area (Å²) in [4.78, 5) is 0. The van der Waals surface area contributed by atoms with Crippen LogP contribution in [0.1, 0.15) is 39.5 Å². The quantitative estimate of drug-likeness (QED) is 0.742. The van der Waals surface area contributed by atoms with Crippen LogP contribution in [0.15, 0.2) is 0 Å². The summed E-state index contributed by atoms with van der Waals surface area (Å²) in [5, 5.41) is 8.70.